The molecule has 134 valence electrons. The van der Waals surface area contributed by atoms with Crippen molar-refractivity contribution in [1.29, 1.82) is 0 Å². The fraction of sp³-hybridized carbons (Fsp3) is 0.250. The van der Waals surface area contributed by atoms with E-state index in [-0.39, 0.29) is 11.7 Å². The van der Waals surface area contributed by atoms with Crippen molar-refractivity contribution in [1.82, 2.24) is 15.2 Å². The number of amides is 1. The van der Waals surface area contributed by atoms with Crippen LogP contribution in [0, 0.1) is 13.8 Å². The molecule has 0 saturated heterocycles. The van der Waals surface area contributed by atoms with Gasteiger partial charge >= 0.3 is 0 Å². The molecule has 0 unspecified atom stereocenters. The fourth-order valence-electron chi connectivity index (χ4n) is 2.78. The van der Waals surface area contributed by atoms with Gasteiger partial charge in [-0.2, -0.15) is 0 Å². The van der Waals surface area contributed by atoms with Gasteiger partial charge in [-0.3, -0.25) is 9.89 Å². The summed E-state index contributed by atoms with van der Waals surface area (Å²) in [5.41, 5.74) is 5.27. The van der Waals surface area contributed by atoms with E-state index in [0.717, 1.165) is 40.2 Å². The van der Waals surface area contributed by atoms with Crippen LogP contribution in [0.4, 0.5) is 5.69 Å². The van der Waals surface area contributed by atoms with Crippen LogP contribution in [0.25, 0.3) is 11.4 Å². The van der Waals surface area contributed by atoms with Gasteiger partial charge in [0.15, 0.2) is 5.82 Å². The first-order valence-electron chi connectivity index (χ1n) is 8.58. The zero-order valence-electron chi connectivity index (χ0n) is 15.2. The molecule has 3 rings (SSSR count). The monoisotopic (exact) mass is 366 g/mol. The Labute approximate surface area is 157 Å². The second kappa shape index (κ2) is 8.19. The van der Waals surface area contributed by atoms with Gasteiger partial charge in [-0.15, -0.1) is 5.10 Å². The molecule has 6 heteroatoms. The third-order valence-corrected chi connectivity index (χ3v) is 5.05. The number of para-hydroxylation sites is 1. The molecule has 0 saturated carbocycles. The number of thioether (sulfide) groups is 1. The van der Waals surface area contributed by atoms with Crippen molar-refractivity contribution in [3.63, 3.8) is 0 Å². The molecule has 0 atom stereocenters. The summed E-state index contributed by atoms with van der Waals surface area (Å²) >= 11 is 1.32. The first-order valence-corrected chi connectivity index (χ1v) is 9.56. The zero-order chi connectivity index (χ0) is 18.5. The van der Waals surface area contributed by atoms with Crippen LogP contribution in [-0.4, -0.2) is 26.8 Å². The lowest BCUT2D eigenvalue weighted by Gasteiger charge is -2.12. The van der Waals surface area contributed by atoms with Crippen molar-refractivity contribution in [3.05, 3.63) is 59.2 Å². The molecule has 0 fully saturated rings. The van der Waals surface area contributed by atoms with E-state index in [9.17, 15) is 4.79 Å². The summed E-state index contributed by atoms with van der Waals surface area (Å²) in [7, 11) is 0. The number of carbonyl (C=O) groups excluding carboxylic acids is 1. The molecule has 1 amide bonds. The van der Waals surface area contributed by atoms with Crippen LogP contribution in [0.2, 0.25) is 0 Å². The summed E-state index contributed by atoms with van der Waals surface area (Å²) in [6.45, 7) is 6.12. The number of aryl methyl sites for hydroxylation is 3. The number of nitrogens with one attached hydrogen (secondary N) is 2. The maximum Gasteiger partial charge on any atom is 0.234 e. The Hall–Kier alpha value is -2.60. The van der Waals surface area contributed by atoms with E-state index in [1.165, 1.54) is 11.8 Å². The van der Waals surface area contributed by atoms with Gasteiger partial charge in [0.1, 0.15) is 0 Å². The summed E-state index contributed by atoms with van der Waals surface area (Å²) in [6.07, 6.45) is 0.880. The molecular formula is C20H22N4OS. The first-order chi connectivity index (χ1) is 12.6. The lowest BCUT2D eigenvalue weighted by Crippen LogP contribution is -2.16. The van der Waals surface area contributed by atoms with Gasteiger partial charge in [0.25, 0.3) is 0 Å². The van der Waals surface area contributed by atoms with E-state index in [2.05, 4.69) is 27.4 Å². The highest BCUT2D eigenvalue weighted by Crippen LogP contribution is 2.24. The Morgan fingerprint density at radius 3 is 2.65 bits per heavy atom. The van der Waals surface area contributed by atoms with Crippen molar-refractivity contribution >= 4 is 23.4 Å². The molecule has 0 aliphatic carbocycles. The standard InChI is InChI=1S/C20H22N4OS/c1-4-15-10-7-9-14(3)18(15)21-17(25)12-26-20-22-19(23-24-20)16-11-6-5-8-13(16)2/h5-11H,4,12H2,1-3H3,(H,21,25)(H,22,23,24). The molecule has 0 radical (unpaired) electrons. The van der Waals surface area contributed by atoms with E-state index in [0.29, 0.717) is 5.16 Å². The summed E-state index contributed by atoms with van der Waals surface area (Å²) in [4.78, 5) is 16.8. The van der Waals surface area contributed by atoms with Crippen molar-refractivity contribution in [2.24, 2.45) is 0 Å². The third kappa shape index (κ3) is 4.14. The van der Waals surface area contributed by atoms with E-state index < -0.39 is 0 Å². The molecule has 3 aromatic rings. The minimum Gasteiger partial charge on any atom is -0.325 e. The number of H-pyrrole nitrogens is 1. The topological polar surface area (TPSA) is 70.7 Å². The quantitative estimate of drug-likeness (QED) is 0.635. The number of aromatic amines is 1. The fourth-order valence-corrected chi connectivity index (χ4v) is 3.38. The number of nitrogens with zero attached hydrogens (tertiary/aromatic N) is 2. The van der Waals surface area contributed by atoms with Gasteiger partial charge in [-0.05, 0) is 37.0 Å². The van der Waals surface area contributed by atoms with E-state index in [1.807, 2.05) is 56.3 Å². The summed E-state index contributed by atoms with van der Waals surface area (Å²) in [5.74, 6) is 0.933. The summed E-state index contributed by atoms with van der Waals surface area (Å²) < 4.78 is 0. The molecule has 5 nitrogen and oxygen atoms in total. The Bertz CT molecular complexity index is 920. The highest BCUT2D eigenvalue weighted by Gasteiger charge is 2.12. The number of carbonyl (C=O) groups is 1. The van der Waals surface area contributed by atoms with Crippen LogP contribution in [0.3, 0.4) is 0 Å². The van der Waals surface area contributed by atoms with Gasteiger partial charge < -0.3 is 5.32 Å². The van der Waals surface area contributed by atoms with Crippen LogP contribution in [-0.2, 0) is 11.2 Å². The molecule has 0 bridgehead atoms. The number of anilines is 1. The smallest absolute Gasteiger partial charge is 0.234 e. The maximum absolute atomic E-state index is 12.3. The molecule has 1 aromatic heterocycles. The Kier molecular flexibility index (Phi) is 5.73. The number of aromatic nitrogens is 3. The highest BCUT2D eigenvalue weighted by atomic mass is 32.2. The van der Waals surface area contributed by atoms with Gasteiger partial charge in [0, 0.05) is 11.3 Å². The summed E-state index contributed by atoms with van der Waals surface area (Å²) in [6, 6.07) is 14.1. The number of benzene rings is 2. The van der Waals surface area contributed by atoms with Crippen molar-refractivity contribution < 1.29 is 4.79 Å². The predicted molar refractivity (Wildman–Crippen MR) is 106 cm³/mol. The first kappa shape index (κ1) is 18.2. The Morgan fingerprint density at radius 2 is 1.88 bits per heavy atom. The van der Waals surface area contributed by atoms with Crippen LogP contribution >= 0.6 is 11.8 Å². The maximum atomic E-state index is 12.3. The molecule has 2 N–H and O–H groups in total. The van der Waals surface area contributed by atoms with E-state index in [4.69, 9.17) is 0 Å². The van der Waals surface area contributed by atoms with Gasteiger partial charge in [-0.1, -0.05) is 61.2 Å². The third-order valence-electron chi connectivity index (χ3n) is 4.20. The molecule has 0 aliphatic heterocycles. The minimum absolute atomic E-state index is 0.0544. The molecular weight excluding hydrogens is 344 g/mol. The lowest BCUT2D eigenvalue weighted by atomic mass is 10.1. The molecule has 1 heterocycles. The van der Waals surface area contributed by atoms with E-state index in [1.54, 1.807) is 0 Å². The lowest BCUT2D eigenvalue weighted by molar-refractivity contribution is -0.113. The highest BCUT2D eigenvalue weighted by molar-refractivity contribution is 7.99. The normalized spacial score (nSPS) is 10.7. The van der Waals surface area contributed by atoms with Gasteiger partial charge in [0.2, 0.25) is 11.1 Å². The second-order valence-corrected chi connectivity index (χ2v) is 7.02. The molecule has 26 heavy (non-hydrogen) atoms. The van der Waals surface area contributed by atoms with Crippen LogP contribution in [0.15, 0.2) is 47.6 Å². The Morgan fingerprint density at radius 1 is 1.12 bits per heavy atom. The van der Waals surface area contributed by atoms with Gasteiger partial charge in [0.05, 0.1) is 5.75 Å². The second-order valence-electron chi connectivity index (χ2n) is 6.08. The van der Waals surface area contributed by atoms with Gasteiger partial charge in [-0.25, -0.2) is 4.98 Å². The predicted octanol–water partition coefficient (Wildman–Crippen LogP) is 4.38. The van der Waals surface area contributed by atoms with Crippen molar-refractivity contribution in [3.8, 4) is 11.4 Å². The SMILES string of the molecule is CCc1cccc(C)c1NC(=O)CSc1n[nH]c(-c2ccccc2C)n1. The van der Waals surface area contributed by atoms with Crippen LogP contribution in [0.1, 0.15) is 23.6 Å². The number of hydrogen-bond acceptors (Lipinski definition) is 4. The number of hydrogen-bond donors (Lipinski definition) is 2. The zero-order valence-corrected chi connectivity index (χ0v) is 16.0. The van der Waals surface area contributed by atoms with Crippen molar-refractivity contribution in [2.45, 2.75) is 32.3 Å². The van der Waals surface area contributed by atoms with Crippen LogP contribution in [0.5, 0.6) is 0 Å². The molecule has 0 aliphatic rings. The minimum atomic E-state index is -0.0544. The molecule has 0 spiro atoms. The van der Waals surface area contributed by atoms with Crippen LogP contribution < -0.4 is 5.32 Å². The van der Waals surface area contributed by atoms with Crippen molar-refractivity contribution in [2.75, 3.05) is 11.1 Å². The number of rotatable bonds is 6. The summed E-state index contributed by atoms with van der Waals surface area (Å²) in [5, 5.41) is 10.8. The average molecular weight is 366 g/mol. The van der Waals surface area contributed by atoms with E-state index >= 15 is 0 Å². The average Bonchev–Trinajstić information content (AvgIpc) is 3.11. The molecule has 2 aromatic carbocycles. The Balaban J connectivity index is 1.63. The largest absolute Gasteiger partial charge is 0.325 e.